The van der Waals surface area contributed by atoms with E-state index in [1.165, 1.54) is 30.2 Å². The average molecular weight is 751 g/mol. The van der Waals surface area contributed by atoms with Crippen LogP contribution < -0.4 is 25.9 Å². The highest BCUT2D eigenvalue weighted by Gasteiger charge is 2.38. The lowest BCUT2D eigenvalue weighted by molar-refractivity contribution is -0.275. The van der Waals surface area contributed by atoms with Crippen LogP contribution in [0.3, 0.4) is 0 Å². The van der Waals surface area contributed by atoms with Crippen LogP contribution in [-0.2, 0) is 4.74 Å². The minimum Gasteiger partial charge on any atom is -0.453 e. The molecule has 2 saturated heterocycles. The maximum atomic E-state index is 14.6. The number of amides is 1. The van der Waals surface area contributed by atoms with Gasteiger partial charge in [-0.15, -0.1) is 26.3 Å². The average Bonchev–Trinajstić information content (AvgIpc) is 3.71. The number of hydrogen-bond donors (Lipinski definition) is 3. The number of methoxy groups -OCH3 is 1. The second-order valence-electron chi connectivity index (χ2n) is 11.8. The van der Waals surface area contributed by atoms with Crippen molar-refractivity contribution in [3.8, 4) is 11.5 Å². The summed E-state index contributed by atoms with van der Waals surface area (Å²) in [5.74, 6) is -2.59. The molecule has 2 aromatic heterocycles. The zero-order valence-electron chi connectivity index (χ0n) is 26.9. The van der Waals surface area contributed by atoms with Gasteiger partial charge in [-0.25, -0.2) is 13.6 Å². The van der Waals surface area contributed by atoms with Crippen LogP contribution in [0.1, 0.15) is 72.3 Å². The third-order valence-corrected chi connectivity index (χ3v) is 8.45. The van der Waals surface area contributed by atoms with Gasteiger partial charge in [0.1, 0.15) is 34.7 Å². The number of piperidine rings is 2. The fourth-order valence-corrected chi connectivity index (χ4v) is 6.23. The quantitative estimate of drug-likeness (QED) is 0.179. The molecule has 12 nitrogen and oxygen atoms in total. The minimum atomic E-state index is -4.95. The lowest BCUT2D eigenvalue weighted by Gasteiger charge is -2.38. The lowest BCUT2D eigenvalue weighted by atomic mass is 9.85. The van der Waals surface area contributed by atoms with Gasteiger partial charge in [0.25, 0.3) is 11.1 Å². The standard InChI is InChI=1S/C17H16F4N2O5.C15H14F4N2O3/c1-26-16(25)23-5-4-9(14-8-15(24)22-28-14)6-13(23)11-3-2-10(7-12(11)18)27-17(19,20)21;16-11-6-9(23-15(17,18)19)1-2-10(11)12-5-8(3-4-20-12)13-7-14(22)21-24-13/h2-3,7-9,13H,4-6H2,1H3,(H,22,24);1-2,6-8,12,20H,3-5H2,(H,21,22)/t9-,13+;8-,12+/m00/s1. The highest BCUT2D eigenvalue weighted by molar-refractivity contribution is 5.68. The molecule has 0 saturated carbocycles. The van der Waals surface area contributed by atoms with Gasteiger partial charge in [0.05, 0.1) is 13.2 Å². The van der Waals surface area contributed by atoms with Crippen molar-refractivity contribution in [2.75, 3.05) is 20.2 Å². The van der Waals surface area contributed by atoms with Crippen LogP contribution >= 0.6 is 0 Å². The van der Waals surface area contributed by atoms with Crippen LogP contribution in [0.25, 0.3) is 0 Å². The molecule has 0 unspecified atom stereocenters. The number of H-pyrrole nitrogens is 2. The molecule has 0 aliphatic carbocycles. The van der Waals surface area contributed by atoms with Gasteiger partial charge in [0, 0.05) is 59.8 Å². The lowest BCUT2D eigenvalue weighted by Crippen LogP contribution is -2.40. The Hall–Kier alpha value is -5.27. The molecular formula is C32H30F8N4O8. The predicted octanol–water partition coefficient (Wildman–Crippen LogP) is 6.91. The number of halogens is 8. The molecule has 0 bridgehead atoms. The summed E-state index contributed by atoms with van der Waals surface area (Å²) in [6.07, 6.45) is -8.74. The summed E-state index contributed by atoms with van der Waals surface area (Å²) in [4.78, 5) is 35.8. The van der Waals surface area contributed by atoms with Crippen LogP contribution in [0, 0.1) is 11.6 Å². The molecular weight excluding hydrogens is 720 g/mol. The Bertz CT molecular complexity index is 1950. The number of rotatable bonds is 6. The summed E-state index contributed by atoms with van der Waals surface area (Å²) >= 11 is 0. The Morgan fingerprint density at radius 3 is 1.75 bits per heavy atom. The first-order valence-corrected chi connectivity index (χ1v) is 15.5. The molecule has 282 valence electrons. The first kappa shape index (κ1) is 38.0. The summed E-state index contributed by atoms with van der Waals surface area (Å²) in [6.45, 7) is 0.738. The van der Waals surface area contributed by atoms with Gasteiger partial charge in [-0.3, -0.25) is 9.59 Å². The van der Waals surface area contributed by atoms with E-state index in [0.29, 0.717) is 49.5 Å². The van der Waals surface area contributed by atoms with E-state index in [4.69, 9.17) is 13.8 Å². The molecule has 2 aliphatic heterocycles. The van der Waals surface area contributed by atoms with Crippen LogP contribution in [0.15, 0.2) is 67.2 Å². The Morgan fingerprint density at radius 1 is 0.769 bits per heavy atom. The highest BCUT2D eigenvalue weighted by atomic mass is 19.4. The molecule has 2 aliphatic rings. The van der Waals surface area contributed by atoms with Crippen molar-refractivity contribution in [2.24, 2.45) is 0 Å². The number of carbonyl (C=O) groups is 1. The fraction of sp³-hybridized carbons (Fsp3) is 0.406. The van der Waals surface area contributed by atoms with Gasteiger partial charge in [-0.1, -0.05) is 12.1 Å². The first-order valence-electron chi connectivity index (χ1n) is 15.5. The highest BCUT2D eigenvalue weighted by Crippen LogP contribution is 2.41. The second-order valence-corrected chi connectivity index (χ2v) is 11.8. The van der Waals surface area contributed by atoms with Gasteiger partial charge in [-0.2, -0.15) is 10.3 Å². The number of carbonyl (C=O) groups excluding carboxylic acids is 1. The van der Waals surface area contributed by atoms with Crippen LogP contribution in [0.4, 0.5) is 39.9 Å². The fourth-order valence-electron chi connectivity index (χ4n) is 6.23. The zero-order valence-corrected chi connectivity index (χ0v) is 26.9. The maximum absolute atomic E-state index is 14.6. The van der Waals surface area contributed by atoms with Crippen molar-refractivity contribution >= 4 is 6.09 Å². The smallest absolute Gasteiger partial charge is 0.453 e. The van der Waals surface area contributed by atoms with Crippen molar-refractivity contribution in [1.82, 2.24) is 20.5 Å². The topological polar surface area (TPSA) is 152 Å². The number of ether oxygens (including phenoxy) is 3. The van der Waals surface area contributed by atoms with Crippen LogP contribution in [0.2, 0.25) is 0 Å². The number of aromatic nitrogens is 2. The zero-order chi connectivity index (χ0) is 37.8. The molecule has 2 aromatic carbocycles. The summed E-state index contributed by atoms with van der Waals surface area (Å²) in [5.41, 5.74) is -0.531. The summed E-state index contributed by atoms with van der Waals surface area (Å²) < 4.78 is 125. The number of alkyl halides is 6. The van der Waals surface area contributed by atoms with Crippen molar-refractivity contribution in [3.05, 3.63) is 104 Å². The summed E-state index contributed by atoms with van der Waals surface area (Å²) in [7, 11) is 1.17. The number of benzene rings is 2. The molecule has 4 aromatic rings. The van der Waals surface area contributed by atoms with Crippen molar-refractivity contribution in [1.29, 1.82) is 0 Å². The summed E-state index contributed by atoms with van der Waals surface area (Å²) in [6, 6.07) is 7.17. The third kappa shape index (κ3) is 9.74. The van der Waals surface area contributed by atoms with E-state index in [9.17, 15) is 49.5 Å². The molecule has 2 fully saturated rings. The van der Waals surface area contributed by atoms with E-state index in [0.717, 1.165) is 18.2 Å². The van der Waals surface area contributed by atoms with Crippen molar-refractivity contribution < 1.29 is 63.2 Å². The van der Waals surface area contributed by atoms with E-state index in [2.05, 4.69) is 25.1 Å². The number of likely N-dealkylation sites (tertiary alicyclic amines) is 1. The number of aromatic amines is 2. The van der Waals surface area contributed by atoms with E-state index < -0.39 is 59.6 Å². The van der Waals surface area contributed by atoms with E-state index in [1.54, 1.807) is 0 Å². The molecule has 4 atom stereocenters. The van der Waals surface area contributed by atoms with E-state index in [1.807, 2.05) is 0 Å². The molecule has 4 heterocycles. The number of nitrogens with one attached hydrogen (secondary N) is 3. The van der Waals surface area contributed by atoms with Crippen molar-refractivity contribution in [2.45, 2.75) is 62.3 Å². The normalized spacial score (nSPS) is 20.8. The Labute approximate surface area is 287 Å². The third-order valence-electron chi connectivity index (χ3n) is 8.45. The second kappa shape index (κ2) is 15.5. The molecule has 52 heavy (non-hydrogen) atoms. The maximum Gasteiger partial charge on any atom is 0.573 e. The molecule has 0 radical (unpaired) electrons. The monoisotopic (exact) mass is 750 g/mol. The first-order chi connectivity index (χ1) is 24.5. The minimum absolute atomic E-state index is 0.00232. The van der Waals surface area contributed by atoms with Gasteiger partial charge < -0.3 is 33.5 Å². The van der Waals surface area contributed by atoms with Crippen molar-refractivity contribution in [3.63, 3.8) is 0 Å². The van der Waals surface area contributed by atoms with Gasteiger partial charge in [-0.05, 0) is 44.4 Å². The summed E-state index contributed by atoms with van der Waals surface area (Å²) in [5, 5.41) is 7.50. The molecule has 3 N–H and O–H groups in total. The Kier molecular flexibility index (Phi) is 11.3. The van der Waals surface area contributed by atoms with E-state index >= 15 is 0 Å². The SMILES string of the molecule is COC(=O)N1CC[C@H](c2cc(=O)[nH]o2)C[C@@H]1c1ccc(OC(F)(F)F)cc1F.O=c1cc([C@H]2CCN[C@@H](c3ccc(OC(F)(F)F)cc3F)C2)o[nH]1. The molecule has 0 spiro atoms. The van der Waals surface area contributed by atoms with Gasteiger partial charge in [0.2, 0.25) is 0 Å². The van der Waals surface area contributed by atoms with Gasteiger partial charge in [0.15, 0.2) is 0 Å². The Morgan fingerprint density at radius 2 is 1.29 bits per heavy atom. The molecule has 20 heteroatoms. The van der Waals surface area contributed by atoms with E-state index in [-0.39, 0.29) is 41.5 Å². The van der Waals surface area contributed by atoms with Crippen LogP contribution in [-0.4, -0.2) is 54.2 Å². The Balaban J connectivity index is 0.000000203. The largest absolute Gasteiger partial charge is 0.573 e. The number of nitrogens with zero attached hydrogens (tertiary/aromatic N) is 1. The predicted molar refractivity (Wildman–Crippen MR) is 161 cm³/mol. The molecule has 6 rings (SSSR count). The molecule has 1 amide bonds. The number of hydrogen-bond acceptors (Lipinski definition) is 9. The van der Waals surface area contributed by atoms with Crippen LogP contribution in [0.5, 0.6) is 11.5 Å². The van der Waals surface area contributed by atoms with Gasteiger partial charge >= 0.3 is 18.8 Å².